The van der Waals surface area contributed by atoms with Gasteiger partial charge in [0.2, 0.25) is 0 Å². The van der Waals surface area contributed by atoms with Crippen molar-refractivity contribution in [3.8, 4) is 0 Å². The highest BCUT2D eigenvalue weighted by Crippen LogP contribution is 2.27. The molecule has 0 atom stereocenters. The predicted molar refractivity (Wildman–Crippen MR) is 63.8 cm³/mol. The molecule has 0 aliphatic rings. The Bertz CT molecular complexity index is 496. The van der Waals surface area contributed by atoms with Crippen LogP contribution in [0.5, 0.6) is 0 Å². The van der Waals surface area contributed by atoms with E-state index in [9.17, 15) is 4.39 Å². The van der Waals surface area contributed by atoms with Crippen LogP contribution in [-0.2, 0) is 5.75 Å². The summed E-state index contributed by atoms with van der Waals surface area (Å²) >= 11 is 1.40. The van der Waals surface area contributed by atoms with Gasteiger partial charge in [-0.2, -0.15) is 0 Å². The number of anilines is 1. The normalized spacial score (nSPS) is 10.6. The molecule has 0 saturated heterocycles. The average Bonchev–Trinajstić information content (AvgIpc) is 2.63. The van der Waals surface area contributed by atoms with Gasteiger partial charge in [0.05, 0.1) is 5.75 Å². The van der Waals surface area contributed by atoms with Crippen LogP contribution >= 0.6 is 11.8 Å². The number of benzene rings is 1. The highest BCUT2D eigenvalue weighted by molar-refractivity contribution is 7.98. The molecule has 0 aliphatic carbocycles. The van der Waals surface area contributed by atoms with Crippen LogP contribution in [0.2, 0.25) is 0 Å². The van der Waals surface area contributed by atoms with Gasteiger partial charge in [0.15, 0.2) is 0 Å². The number of hydrogen-bond donors (Lipinski definition) is 1. The van der Waals surface area contributed by atoms with E-state index in [1.807, 2.05) is 19.1 Å². The Morgan fingerprint density at radius 2 is 2.12 bits per heavy atom. The first-order valence-electron chi connectivity index (χ1n) is 4.88. The Hall–Kier alpha value is -1.42. The molecule has 4 heteroatoms. The van der Waals surface area contributed by atoms with Crippen molar-refractivity contribution in [2.75, 3.05) is 5.73 Å². The Labute approximate surface area is 97.6 Å². The van der Waals surface area contributed by atoms with E-state index in [0.717, 1.165) is 11.5 Å². The second-order valence-corrected chi connectivity index (χ2v) is 4.51. The van der Waals surface area contributed by atoms with Crippen molar-refractivity contribution in [3.63, 3.8) is 0 Å². The van der Waals surface area contributed by atoms with E-state index in [1.165, 1.54) is 17.8 Å². The third-order valence-corrected chi connectivity index (χ3v) is 3.19. The van der Waals surface area contributed by atoms with Crippen molar-refractivity contribution < 1.29 is 8.81 Å². The van der Waals surface area contributed by atoms with E-state index < -0.39 is 0 Å². The average molecular weight is 237 g/mol. The van der Waals surface area contributed by atoms with Crippen molar-refractivity contribution in [3.05, 3.63) is 47.7 Å². The smallest absolute Gasteiger partial charge is 0.138 e. The molecule has 0 fully saturated rings. The first kappa shape index (κ1) is 11.1. The number of halogens is 1. The molecule has 2 N–H and O–H groups in total. The fourth-order valence-corrected chi connectivity index (χ4v) is 2.16. The minimum atomic E-state index is -0.284. The number of rotatable bonds is 3. The van der Waals surface area contributed by atoms with Crippen LogP contribution in [-0.4, -0.2) is 0 Å². The molecule has 2 aromatic rings. The second-order valence-electron chi connectivity index (χ2n) is 3.49. The maximum Gasteiger partial charge on any atom is 0.138 e. The summed E-state index contributed by atoms with van der Waals surface area (Å²) in [4.78, 5) is 0.586. The number of nitrogen functional groups attached to an aromatic ring is 1. The molecule has 2 nitrogen and oxygen atoms in total. The molecule has 0 aliphatic heterocycles. The van der Waals surface area contributed by atoms with Crippen molar-refractivity contribution in [2.24, 2.45) is 0 Å². The van der Waals surface area contributed by atoms with E-state index in [0.29, 0.717) is 16.3 Å². The first-order valence-corrected chi connectivity index (χ1v) is 5.87. The predicted octanol–water partition coefficient (Wildman–Crippen LogP) is 3.60. The van der Waals surface area contributed by atoms with Gasteiger partial charge in [-0.05, 0) is 37.3 Å². The lowest BCUT2D eigenvalue weighted by Gasteiger charge is -2.02. The van der Waals surface area contributed by atoms with Crippen molar-refractivity contribution in [1.82, 2.24) is 0 Å². The van der Waals surface area contributed by atoms with Crippen LogP contribution < -0.4 is 5.73 Å². The lowest BCUT2D eigenvalue weighted by molar-refractivity contribution is 0.501. The Morgan fingerprint density at radius 3 is 2.75 bits per heavy atom. The summed E-state index contributed by atoms with van der Waals surface area (Å²) in [5.41, 5.74) is 5.91. The topological polar surface area (TPSA) is 39.2 Å². The van der Waals surface area contributed by atoms with Gasteiger partial charge in [0.25, 0.3) is 0 Å². The van der Waals surface area contributed by atoms with E-state index in [2.05, 4.69) is 0 Å². The minimum Gasteiger partial charge on any atom is -0.465 e. The number of thioether (sulfide) groups is 1. The summed E-state index contributed by atoms with van der Waals surface area (Å²) in [5.74, 6) is 2.05. The molecule has 16 heavy (non-hydrogen) atoms. The summed E-state index contributed by atoms with van der Waals surface area (Å²) in [6.07, 6.45) is 0. The van der Waals surface area contributed by atoms with Gasteiger partial charge in [0.1, 0.15) is 17.3 Å². The molecule has 0 amide bonds. The minimum absolute atomic E-state index is 0.284. The Morgan fingerprint density at radius 1 is 1.31 bits per heavy atom. The largest absolute Gasteiger partial charge is 0.465 e. The third-order valence-electron chi connectivity index (χ3n) is 2.12. The lowest BCUT2D eigenvalue weighted by atomic mass is 10.3. The second kappa shape index (κ2) is 4.61. The van der Waals surface area contributed by atoms with Crippen LogP contribution in [0.4, 0.5) is 10.1 Å². The number of aryl methyl sites for hydroxylation is 1. The van der Waals surface area contributed by atoms with Crippen molar-refractivity contribution >= 4 is 17.4 Å². The molecule has 1 aromatic carbocycles. The van der Waals surface area contributed by atoms with Crippen molar-refractivity contribution in [1.29, 1.82) is 0 Å². The van der Waals surface area contributed by atoms with Gasteiger partial charge in [0, 0.05) is 10.6 Å². The van der Waals surface area contributed by atoms with Gasteiger partial charge in [-0.15, -0.1) is 11.8 Å². The molecule has 84 valence electrons. The summed E-state index contributed by atoms with van der Waals surface area (Å²) in [6, 6.07) is 8.51. The third kappa shape index (κ3) is 2.58. The van der Waals surface area contributed by atoms with Crippen molar-refractivity contribution in [2.45, 2.75) is 17.6 Å². The number of hydrogen-bond acceptors (Lipinski definition) is 3. The molecule has 1 heterocycles. The van der Waals surface area contributed by atoms with Gasteiger partial charge in [-0.25, -0.2) is 4.39 Å². The standard InChI is InChI=1S/C12H12FNOS/c1-8-2-4-10(15-8)7-16-12-5-3-9(14)6-11(12)13/h2-6H,7,14H2,1H3. The van der Waals surface area contributed by atoms with Gasteiger partial charge < -0.3 is 10.2 Å². The SMILES string of the molecule is Cc1ccc(CSc2ccc(N)cc2F)o1. The Kier molecular flexibility index (Phi) is 3.19. The van der Waals surface area contributed by atoms with Gasteiger partial charge >= 0.3 is 0 Å². The summed E-state index contributed by atoms with van der Waals surface area (Å²) in [7, 11) is 0. The van der Waals surface area contributed by atoms with Crippen LogP contribution in [0.25, 0.3) is 0 Å². The van der Waals surface area contributed by atoms with Crippen LogP contribution in [0.3, 0.4) is 0 Å². The molecular weight excluding hydrogens is 225 g/mol. The maximum atomic E-state index is 13.4. The summed E-state index contributed by atoms with van der Waals surface area (Å²) < 4.78 is 18.8. The molecule has 0 unspecified atom stereocenters. The zero-order chi connectivity index (χ0) is 11.5. The summed E-state index contributed by atoms with van der Waals surface area (Å²) in [6.45, 7) is 1.89. The lowest BCUT2D eigenvalue weighted by Crippen LogP contribution is -1.88. The zero-order valence-corrected chi connectivity index (χ0v) is 9.68. The molecule has 0 saturated carbocycles. The number of nitrogens with two attached hydrogens (primary N) is 1. The monoisotopic (exact) mass is 237 g/mol. The first-order chi connectivity index (χ1) is 7.65. The summed E-state index contributed by atoms with van der Waals surface area (Å²) in [5, 5.41) is 0. The molecular formula is C12H12FNOS. The van der Waals surface area contributed by atoms with Gasteiger partial charge in [-0.3, -0.25) is 0 Å². The van der Waals surface area contributed by atoms with Crippen LogP contribution in [0.1, 0.15) is 11.5 Å². The Balaban J connectivity index is 2.04. The molecule has 0 radical (unpaired) electrons. The van der Waals surface area contributed by atoms with Gasteiger partial charge in [-0.1, -0.05) is 0 Å². The van der Waals surface area contributed by atoms with Crippen LogP contribution in [0, 0.1) is 12.7 Å². The van der Waals surface area contributed by atoms with E-state index in [4.69, 9.17) is 10.2 Å². The highest BCUT2D eigenvalue weighted by Gasteiger charge is 2.05. The van der Waals surface area contributed by atoms with Crippen LogP contribution in [0.15, 0.2) is 39.6 Å². The maximum absolute atomic E-state index is 13.4. The zero-order valence-electron chi connectivity index (χ0n) is 8.87. The quantitative estimate of drug-likeness (QED) is 0.654. The fourth-order valence-electron chi connectivity index (χ4n) is 1.35. The number of furan rings is 1. The molecule has 0 spiro atoms. The molecule has 2 rings (SSSR count). The van der Waals surface area contributed by atoms with E-state index in [1.54, 1.807) is 12.1 Å². The van der Waals surface area contributed by atoms with E-state index >= 15 is 0 Å². The van der Waals surface area contributed by atoms with E-state index in [-0.39, 0.29) is 5.82 Å². The fraction of sp³-hybridized carbons (Fsp3) is 0.167. The highest BCUT2D eigenvalue weighted by atomic mass is 32.2. The molecule has 1 aromatic heterocycles. The molecule has 0 bridgehead atoms.